The SMILES string of the molecule is CCN1CN(C2C3=C(CCc4ccccc42)C(C)CC=C3)N2C=CC(=O)C(C)C2(C)C1=O. The summed E-state index contributed by atoms with van der Waals surface area (Å²) in [6.07, 6.45) is 11.3. The summed E-state index contributed by atoms with van der Waals surface area (Å²) in [5.41, 5.74) is 4.65. The van der Waals surface area contributed by atoms with Crippen LogP contribution in [0, 0.1) is 11.8 Å². The highest BCUT2D eigenvalue weighted by molar-refractivity contribution is 6.00. The van der Waals surface area contributed by atoms with Crippen LogP contribution in [-0.4, -0.2) is 45.4 Å². The summed E-state index contributed by atoms with van der Waals surface area (Å²) in [4.78, 5) is 28.2. The van der Waals surface area contributed by atoms with Crippen LogP contribution in [0.5, 0.6) is 0 Å². The minimum absolute atomic E-state index is 0.00854. The van der Waals surface area contributed by atoms with E-state index in [4.69, 9.17) is 0 Å². The molecule has 2 heterocycles. The Labute approximate surface area is 191 Å². The third-order valence-corrected chi connectivity index (χ3v) is 8.18. The molecular weight excluding hydrogens is 398 g/mol. The Balaban J connectivity index is 1.72. The van der Waals surface area contributed by atoms with Crippen LogP contribution in [0.3, 0.4) is 0 Å². The van der Waals surface area contributed by atoms with Gasteiger partial charge in [0.25, 0.3) is 5.91 Å². The van der Waals surface area contributed by atoms with Crippen molar-refractivity contribution in [2.24, 2.45) is 11.8 Å². The van der Waals surface area contributed by atoms with Gasteiger partial charge in [-0.2, -0.15) is 5.01 Å². The first-order chi connectivity index (χ1) is 15.4. The zero-order chi connectivity index (χ0) is 22.6. The summed E-state index contributed by atoms with van der Waals surface area (Å²) in [7, 11) is 0. The van der Waals surface area contributed by atoms with Gasteiger partial charge in [-0.1, -0.05) is 55.8 Å². The minimum atomic E-state index is -0.925. The molecule has 0 N–H and O–H groups in total. The Hall–Kier alpha value is -2.66. The first-order valence-corrected chi connectivity index (χ1v) is 11.9. The number of fused-ring (bicyclic) bond motifs is 2. The largest absolute Gasteiger partial charge is 0.326 e. The highest BCUT2D eigenvalue weighted by Gasteiger charge is 2.56. The monoisotopic (exact) mass is 431 g/mol. The van der Waals surface area contributed by atoms with Crippen molar-refractivity contribution in [3.63, 3.8) is 0 Å². The Morgan fingerprint density at radius 1 is 1.09 bits per heavy atom. The summed E-state index contributed by atoms with van der Waals surface area (Å²) in [6, 6.07) is 8.75. The van der Waals surface area contributed by atoms with Gasteiger partial charge in [0.1, 0.15) is 5.54 Å². The highest BCUT2D eigenvalue weighted by Crippen LogP contribution is 2.47. The van der Waals surface area contributed by atoms with Crippen molar-refractivity contribution in [2.75, 3.05) is 13.2 Å². The van der Waals surface area contributed by atoms with E-state index in [9.17, 15) is 9.59 Å². The van der Waals surface area contributed by atoms with E-state index in [0.717, 1.165) is 19.3 Å². The molecule has 2 aliphatic carbocycles. The number of hydrogen-bond donors (Lipinski definition) is 0. The third-order valence-electron chi connectivity index (χ3n) is 8.18. The average Bonchev–Trinajstić information content (AvgIpc) is 2.96. The molecule has 1 aromatic carbocycles. The second-order valence-electron chi connectivity index (χ2n) is 9.80. The number of amides is 1. The van der Waals surface area contributed by atoms with Gasteiger partial charge < -0.3 is 4.90 Å². The average molecular weight is 432 g/mol. The molecule has 168 valence electrons. The first kappa shape index (κ1) is 21.2. The number of carbonyl (C=O) groups is 2. The van der Waals surface area contributed by atoms with Crippen LogP contribution < -0.4 is 0 Å². The molecule has 5 rings (SSSR count). The molecule has 5 heteroatoms. The van der Waals surface area contributed by atoms with E-state index < -0.39 is 11.5 Å². The molecule has 1 saturated heterocycles. The molecule has 4 atom stereocenters. The molecule has 0 spiro atoms. The number of allylic oxidation sites excluding steroid dienone is 3. The minimum Gasteiger partial charge on any atom is -0.326 e. The number of benzene rings is 1. The molecule has 4 aliphatic rings. The van der Waals surface area contributed by atoms with Crippen LogP contribution in [0.4, 0.5) is 0 Å². The highest BCUT2D eigenvalue weighted by atomic mass is 16.2. The van der Waals surface area contributed by atoms with Gasteiger partial charge in [-0.05, 0) is 61.8 Å². The molecule has 0 radical (unpaired) electrons. The summed E-state index contributed by atoms with van der Waals surface area (Å²) in [5.74, 6) is 0.156. The fraction of sp³-hybridized carbons (Fsp3) is 0.481. The predicted octanol–water partition coefficient (Wildman–Crippen LogP) is 4.40. The molecule has 2 aliphatic heterocycles. The van der Waals surface area contributed by atoms with Crippen molar-refractivity contribution in [3.05, 3.63) is 71.0 Å². The Bertz CT molecular complexity index is 1050. The molecule has 1 fully saturated rings. The lowest BCUT2D eigenvalue weighted by Crippen LogP contribution is -2.73. The number of nitrogens with zero attached hydrogens (tertiary/aromatic N) is 3. The molecule has 0 saturated carbocycles. The summed E-state index contributed by atoms with van der Waals surface area (Å²) >= 11 is 0. The molecule has 32 heavy (non-hydrogen) atoms. The van der Waals surface area contributed by atoms with Crippen LogP contribution in [0.2, 0.25) is 0 Å². The smallest absolute Gasteiger partial charge is 0.251 e. The molecule has 0 bridgehead atoms. The molecular formula is C27H33N3O2. The van der Waals surface area contributed by atoms with Crippen LogP contribution in [0.25, 0.3) is 0 Å². The maximum absolute atomic E-state index is 13.6. The van der Waals surface area contributed by atoms with E-state index in [-0.39, 0.29) is 17.7 Å². The summed E-state index contributed by atoms with van der Waals surface area (Å²) in [6.45, 7) is 9.31. The van der Waals surface area contributed by atoms with E-state index in [1.807, 2.05) is 31.9 Å². The van der Waals surface area contributed by atoms with E-state index >= 15 is 0 Å². The number of hydrogen-bond acceptors (Lipinski definition) is 4. The Kier molecular flexibility index (Phi) is 5.12. The van der Waals surface area contributed by atoms with Crippen molar-refractivity contribution in [3.8, 4) is 0 Å². The van der Waals surface area contributed by atoms with Crippen LogP contribution in [-0.2, 0) is 16.0 Å². The zero-order valence-corrected chi connectivity index (χ0v) is 19.5. The Morgan fingerprint density at radius 3 is 2.66 bits per heavy atom. The second-order valence-corrected chi connectivity index (χ2v) is 9.80. The van der Waals surface area contributed by atoms with E-state index in [1.165, 1.54) is 22.3 Å². The van der Waals surface area contributed by atoms with Gasteiger partial charge in [-0.25, -0.2) is 0 Å². The normalized spacial score (nSPS) is 32.6. The fourth-order valence-electron chi connectivity index (χ4n) is 6.01. The molecule has 5 nitrogen and oxygen atoms in total. The van der Waals surface area contributed by atoms with Crippen molar-refractivity contribution in [1.82, 2.24) is 14.9 Å². The van der Waals surface area contributed by atoms with Gasteiger partial charge in [0.2, 0.25) is 0 Å². The second kappa shape index (κ2) is 7.73. The first-order valence-electron chi connectivity index (χ1n) is 11.9. The Morgan fingerprint density at radius 2 is 1.88 bits per heavy atom. The molecule has 1 aromatic rings. The summed E-state index contributed by atoms with van der Waals surface area (Å²) < 4.78 is 0. The number of likely N-dealkylation sites (N-methyl/N-ethyl adjacent to an activating group) is 1. The zero-order valence-electron chi connectivity index (χ0n) is 19.5. The topological polar surface area (TPSA) is 43.9 Å². The number of aryl methyl sites for hydroxylation is 1. The van der Waals surface area contributed by atoms with Crippen molar-refractivity contribution >= 4 is 11.7 Å². The van der Waals surface area contributed by atoms with E-state index in [0.29, 0.717) is 19.1 Å². The van der Waals surface area contributed by atoms with Gasteiger partial charge in [0.05, 0.1) is 18.6 Å². The quantitative estimate of drug-likeness (QED) is 0.696. The molecule has 1 amide bonds. The lowest BCUT2D eigenvalue weighted by molar-refractivity contribution is -0.199. The lowest BCUT2D eigenvalue weighted by Gasteiger charge is -2.58. The predicted molar refractivity (Wildman–Crippen MR) is 125 cm³/mol. The number of hydrazine groups is 1. The van der Waals surface area contributed by atoms with Crippen LogP contribution in [0.1, 0.15) is 57.7 Å². The molecule has 4 unspecified atom stereocenters. The van der Waals surface area contributed by atoms with Gasteiger partial charge in [0.15, 0.2) is 5.78 Å². The van der Waals surface area contributed by atoms with Gasteiger partial charge in [0, 0.05) is 12.7 Å². The van der Waals surface area contributed by atoms with Gasteiger partial charge in [-0.3, -0.25) is 14.6 Å². The van der Waals surface area contributed by atoms with Crippen molar-refractivity contribution < 1.29 is 9.59 Å². The van der Waals surface area contributed by atoms with Crippen LogP contribution in [0.15, 0.2) is 59.8 Å². The standard InChI is InChI=1S/C27H33N3O2/c1-5-28-17-29(30-16-15-24(31)19(3)27(30,4)26(28)32)25-22-11-7-6-10-20(22)13-14-21-18(2)9-8-12-23(21)25/h6-8,10-12,15-16,18-19,25H,5,9,13-14,17H2,1-4H3. The van der Waals surface area contributed by atoms with Gasteiger partial charge in [-0.15, -0.1) is 0 Å². The fourth-order valence-corrected chi connectivity index (χ4v) is 6.01. The maximum atomic E-state index is 13.6. The molecule has 0 aromatic heterocycles. The van der Waals surface area contributed by atoms with Crippen molar-refractivity contribution in [2.45, 2.75) is 58.5 Å². The van der Waals surface area contributed by atoms with E-state index in [2.05, 4.69) is 53.4 Å². The van der Waals surface area contributed by atoms with Gasteiger partial charge >= 0.3 is 0 Å². The van der Waals surface area contributed by atoms with Crippen LogP contribution >= 0.6 is 0 Å². The third kappa shape index (κ3) is 2.94. The van der Waals surface area contributed by atoms with E-state index in [1.54, 1.807) is 6.08 Å². The number of ketones is 1. The lowest BCUT2D eigenvalue weighted by atomic mass is 9.78. The number of rotatable bonds is 2. The van der Waals surface area contributed by atoms with Crippen molar-refractivity contribution in [1.29, 1.82) is 0 Å². The summed E-state index contributed by atoms with van der Waals surface area (Å²) in [5, 5.41) is 4.42. The number of carbonyl (C=O) groups excluding carboxylic acids is 2. The maximum Gasteiger partial charge on any atom is 0.251 e.